The molecule has 0 bridgehead atoms. The summed E-state index contributed by atoms with van der Waals surface area (Å²) >= 11 is 19.9. The Morgan fingerprint density at radius 2 is 1.81 bits per heavy atom. The molecular weight excluding hydrogens is 461 g/mol. The molecule has 31 heavy (non-hydrogen) atoms. The predicted molar refractivity (Wildman–Crippen MR) is 123 cm³/mol. The summed E-state index contributed by atoms with van der Waals surface area (Å²) in [5.74, 6) is 2.73. The van der Waals surface area contributed by atoms with Gasteiger partial charge < -0.3 is 23.8 Å². The fourth-order valence-electron chi connectivity index (χ4n) is 4.98. The van der Waals surface area contributed by atoms with E-state index in [0.717, 1.165) is 46.7 Å². The first kappa shape index (κ1) is 20.9. The first-order chi connectivity index (χ1) is 14.9. The molecule has 0 aromatic heterocycles. The number of hydrogen-bond acceptors (Lipinski definition) is 5. The molecule has 0 aliphatic carbocycles. The number of alkyl halides is 3. The normalized spacial score (nSPS) is 19.0. The summed E-state index contributed by atoms with van der Waals surface area (Å²) in [6, 6.07) is 7.52. The molecule has 0 fully saturated rings. The van der Waals surface area contributed by atoms with Crippen LogP contribution < -0.4 is 18.9 Å². The number of halogens is 3. The average molecular weight is 483 g/mol. The van der Waals surface area contributed by atoms with E-state index in [4.69, 9.17) is 53.8 Å². The number of hydrogen-bond donors (Lipinski definition) is 0. The van der Waals surface area contributed by atoms with Crippen molar-refractivity contribution < 1.29 is 18.9 Å². The van der Waals surface area contributed by atoms with Crippen LogP contribution in [0.2, 0.25) is 0 Å². The van der Waals surface area contributed by atoms with Crippen LogP contribution in [0.15, 0.2) is 24.3 Å². The van der Waals surface area contributed by atoms with E-state index in [1.807, 2.05) is 12.1 Å². The van der Waals surface area contributed by atoms with Gasteiger partial charge in [-0.1, -0.05) is 47.8 Å². The van der Waals surface area contributed by atoms with Gasteiger partial charge in [-0.05, 0) is 47.7 Å². The molecule has 0 amide bonds. The van der Waals surface area contributed by atoms with Crippen molar-refractivity contribution >= 4 is 46.1 Å². The lowest BCUT2D eigenvalue weighted by atomic mass is 9.81. The van der Waals surface area contributed by atoms with Gasteiger partial charge in [0, 0.05) is 23.4 Å². The molecule has 164 valence electrons. The lowest BCUT2D eigenvalue weighted by Gasteiger charge is -2.47. The molecular formula is C23H22Cl3NO4. The SMILES string of the molecule is CCC1=C2c3cc4c(cc3CCN2[C@@H](C(Cl)(Cl)Cl)c2c1ccc(OC)c2OC)OCO4. The first-order valence-electron chi connectivity index (χ1n) is 10.1. The fourth-order valence-corrected chi connectivity index (χ4v) is 5.66. The van der Waals surface area contributed by atoms with Crippen molar-refractivity contribution in [1.82, 2.24) is 4.90 Å². The van der Waals surface area contributed by atoms with E-state index < -0.39 is 9.83 Å². The Morgan fingerprint density at radius 3 is 2.45 bits per heavy atom. The second-order valence-corrected chi connectivity index (χ2v) is 10.1. The monoisotopic (exact) mass is 481 g/mol. The van der Waals surface area contributed by atoms with Crippen molar-refractivity contribution in [1.29, 1.82) is 0 Å². The maximum Gasteiger partial charge on any atom is 0.231 e. The Balaban J connectivity index is 1.84. The molecule has 0 saturated heterocycles. The van der Waals surface area contributed by atoms with E-state index in [9.17, 15) is 0 Å². The quantitative estimate of drug-likeness (QED) is 0.502. The van der Waals surface area contributed by atoms with Gasteiger partial charge in [-0.15, -0.1) is 0 Å². The van der Waals surface area contributed by atoms with Gasteiger partial charge in [-0.25, -0.2) is 0 Å². The Labute approximate surface area is 196 Å². The molecule has 8 heteroatoms. The molecule has 0 radical (unpaired) electrons. The van der Waals surface area contributed by atoms with Gasteiger partial charge in [0.15, 0.2) is 23.0 Å². The third-order valence-electron chi connectivity index (χ3n) is 6.21. The highest BCUT2D eigenvalue weighted by Gasteiger charge is 2.48. The lowest BCUT2D eigenvalue weighted by Crippen LogP contribution is -2.42. The summed E-state index contributed by atoms with van der Waals surface area (Å²) < 4.78 is 21.0. The summed E-state index contributed by atoms with van der Waals surface area (Å²) in [6.07, 6.45) is 1.60. The molecule has 0 saturated carbocycles. The zero-order valence-electron chi connectivity index (χ0n) is 17.4. The van der Waals surface area contributed by atoms with E-state index >= 15 is 0 Å². The number of methoxy groups -OCH3 is 2. The Hall–Kier alpha value is -1.95. The van der Waals surface area contributed by atoms with Crippen LogP contribution in [-0.4, -0.2) is 36.2 Å². The second-order valence-electron chi connectivity index (χ2n) is 7.69. The van der Waals surface area contributed by atoms with Crippen molar-refractivity contribution in [2.75, 3.05) is 27.6 Å². The van der Waals surface area contributed by atoms with Crippen molar-refractivity contribution in [2.24, 2.45) is 0 Å². The number of nitrogens with zero attached hydrogens (tertiary/aromatic N) is 1. The number of rotatable bonds is 3. The van der Waals surface area contributed by atoms with Crippen LogP contribution in [-0.2, 0) is 6.42 Å². The molecule has 0 N–H and O–H groups in total. The van der Waals surface area contributed by atoms with Gasteiger partial charge in [0.1, 0.15) is 6.04 Å². The third-order valence-corrected chi connectivity index (χ3v) is 6.83. The first-order valence-corrected chi connectivity index (χ1v) is 11.3. The zero-order valence-corrected chi connectivity index (χ0v) is 19.7. The van der Waals surface area contributed by atoms with Crippen LogP contribution in [0.25, 0.3) is 11.3 Å². The molecule has 5 rings (SSSR count). The molecule has 1 atom stereocenters. The van der Waals surface area contributed by atoms with Crippen LogP contribution in [0.1, 0.15) is 41.6 Å². The molecule has 2 aromatic rings. The van der Waals surface area contributed by atoms with Crippen LogP contribution in [0.3, 0.4) is 0 Å². The van der Waals surface area contributed by atoms with Crippen molar-refractivity contribution in [3.8, 4) is 23.0 Å². The number of fused-ring (bicyclic) bond motifs is 5. The van der Waals surface area contributed by atoms with Crippen molar-refractivity contribution in [3.63, 3.8) is 0 Å². The summed E-state index contributed by atoms with van der Waals surface area (Å²) in [4.78, 5) is 2.20. The van der Waals surface area contributed by atoms with Gasteiger partial charge in [-0.3, -0.25) is 0 Å². The van der Waals surface area contributed by atoms with Crippen molar-refractivity contribution in [3.05, 3.63) is 46.5 Å². The van der Waals surface area contributed by atoms with Gasteiger partial charge >= 0.3 is 0 Å². The Bertz CT molecular complexity index is 1090. The highest BCUT2D eigenvalue weighted by atomic mass is 35.6. The molecule has 3 aliphatic rings. The summed E-state index contributed by atoms with van der Waals surface area (Å²) in [5.41, 5.74) is 6.37. The van der Waals surface area contributed by atoms with E-state index in [1.54, 1.807) is 14.2 Å². The van der Waals surface area contributed by atoms with E-state index in [1.165, 1.54) is 11.1 Å². The summed E-state index contributed by atoms with van der Waals surface area (Å²) in [7, 11) is 3.23. The van der Waals surface area contributed by atoms with E-state index in [0.29, 0.717) is 18.0 Å². The zero-order chi connectivity index (χ0) is 21.9. The topological polar surface area (TPSA) is 40.2 Å². The van der Waals surface area contributed by atoms with Gasteiger partial charge in [-0.2, -0.15) is 0 Å². The molecule has 2 aromatic carbocycles. The minimum absolute atomic E-state index is 0.234. The average Bonchev–Trinajstić information content (AvgIpc) is 3.21. The summed E-state index contributed by atoms with van der Waals surface area (Å²) in [6.45, 7) is 3.07. The van der Waals surface area contributed by atoms with E-state index in [2.05, 4.69) is 24.0 Å². The van der Waals surface area contributed by atoms with Crippen molar-refractivity contribution in [2.45, 2.75) is 29.6 Å². The molecule has 3 heterocycles. The van der Waals surface area contributed by atoms with Crippen LogP contribution >= 0.6 is 34.8 Å². The predicted octanol–water partition coefficient (Wildman–Crippen LogP) is 5.99. The van der Waals surface area contributed by atoms with Crippen LogP contribution in [0, 0.1) is 0 Å². The van der Waals surface area contributed by atoms with Crippen LogP contribution in [0.4, 0.5) is 0 Å². The van der Waals surface area contributed by atoms with Gasteiger partial charge in [0.25, 0.3) is 0 Å². The molecule has 0 unspecified atom stereocenters. The molecule has 0 spiro atoms. The maximum atomic E-state index is 6.62. The van der Waals surface area contributed by atoms with Gasteiger partial charge in [0.05, 0.1) is 14.2 Å². The third kappa shape index (κ3) is 3.12. The summed E-state index contributed by atoms with van der Waals surface area (Å²) in [5, 5.41) is 0. The largest absolute Gasteiger partial charge is 0.493 e. The fraction of sp³-hybridized carbons (Fsp3) is 0.391. The standard InChI is InChI=1S/C23H22Cl3NO4/c1-4-13-14-5-6-16(28-2)21(29-3)19(14)22(23(24,25)26)27-8-7-12-9-17-18(31-11-30-17)10-15(12)20(13)27/h5-6,9-10,22H,4,7-8,11H2,1-3H3/t22-/m1/s1. The van der Waals surface area contributed by atoms with E-state index in [-0.39, 0.29) is 6.79 Å². The van der Waals surface area contributed by atoms with Crippen LogP contribution in [0.5, 0.6) is 23.0 Å². The lowest BCUT2D eigenvalue weighted by molar-refractivity contribution is 0.174. The Kier molecular flexibility index (Phi) is 5.11. The number of allylic oxidation sites excluding steroid dienone is 1. The number of ether oxygens (including phenoxy) is 4. The second kappa shape index (κ2) is 7.58. The highest BCUT2D eigenvalue weighted by Crippen LogP contribution is 2.58. The Morgan fingerprint density at radius 1 is 1.06 bits per heavy atom. The maximum absolute atomic E-state index is 6.62. The highest BCUT2D eigenvalue weighted by molar-refractivity contribution is 6.68. The minimum Gasteiger partial charge on any atom is -0.493 e. The minimum atomic E-state index is -1.59. The molecule has 5 nitrogen and oxygen atoms in total. The number of benzene rings is 2. The molecule has 3 aliphatic heterocycles. The smallest absolute Gasteiger partial charge is 0.231 e. The van der Waals surface area contributed by atoms with Gasteiger partial charge in [0.2, 0.25) is 10.6 Å².